The fourth-order valence-corrected chi connectivity index (χ4v) is 2.54. The van der Waals surface area contributed by atoms with Crippen LogP contribution in [0.4, 0.5) is 5.69 Å². The van der Waals surface area contributed by atoms with Gasteiger partial charge in [-0.15, -0.1) is 0 Å². The highest BCUT2D eigenvalue weighted by molar-refractivity contribution is 5.96. The summed E-state index contributed by atoms with van der Waals surface area (Å²) in [6.45, 7) is 3.34. The second kappa shape index (κ2) is 9.52. The lowest BCUT2D eigenvalue weighted by molar-refractivity contribution is -0.147. The van der Waals surface area contributed by atoms with Crippen LogP contribution in [0.3, 0.4) is 0 Å². The van der Waals surface area contributed by atoms with Crippen molar-refractivity contribution >= 4 is 23.5 Å². The first-order valence-electron chi connectivity index (χ1n) is 8.60. The molecule has 0 saturated carbocycles. The first-order valence-corrected chi connectivity index (χ1v) is 8.60. The van der Waals surface area contributed by atoms with Gasteiger partial charge in [0.15, 0.2) is 6.61 Å². The number of carbonyl (C=O) groups excluding carboxylic acids is 3. The average molecular weight is 369 g/mol. The molecule has 1 N–H and O–H groups in total. The van der Waals surface area contributed by atoms with E-state index < -0.39 is 17.8 Å². The molecule has 2 aromatic rings. The maximum atomic E-state index is 12.1. The molecule has 2 rings (SSSR count). The van der Waals surface area contributed by atoms with Gasteiger partial charge in [-0.2, -0.15) is 0 Å². The van der Waals surface area contributed by atoms with Crippen molar-refractivity contribution in [1.82, 2.24) is 0 Å². The van der Waals surface area contributed by atoms with E-state index >= 15 is 0 Å². The molecule has 0 fully saturated rings. The Kier molecular flexibility index (Phi) is 7.11. The van der Waals surface area contributed by atoms with E-state index in [1.165, 1.54) is 13.2 Å². The van der Waals surface area contributed by atoms with Gasteiger partial charge in [0.2, 0.25) is 0 Å². The third-order valence-electron chi connectivity index (χ3n) is 4.14. The van der Waals surface area contributed by atoms with E-state index in [-0.39, 0.29) is 18.9 Å². The second-order valence-electron chi connectivity index (χ2n) is 6.25. The van der Waals surface area contributed by atoms with Gasteiger partial charge in [0.1, 0.15) is 0 Å². The summed E-state index contributed by atoms with van der Waals surface area (Å²) < 4.78 is 9.73. The molecule has 6 heteroatoms. The largest absolute Gasteiger partial charge is 0.465 e. The Hall–Kier alpha value is -3.15. The van der Waals surface area contributed by atoms with Gasteiger partial charge in [0.25, 0.3) is 5.91 Å². The Balaban J connectivity index is 1.87. The molecule has 1 atom stereocenters. The lowest BCUT2D eigenvalue weighted by atomic mass is 9.98. The van der Waals surface area contributed by atoms with Crippen LogP contribution in [0.15, 0.2) is 48.5 Å². The zero-order chi connectivity index (χ0) is 19.8. The standard InChI is InChI=1S/C21H23NO5/c1-14-9-10-17(21(25)26-3)12-18(14)22-19(23)13-27-20(24)11-15(2)16-7-5-4-6-8-16/h4-10,12,15H,11,13H2,1-3H3,(H,22,23)/t15-/m1/s1. The van der Waals surface area contributed by atoms with Crippen molar-refractivity contribution in [1.29, 1.82) is 0 Å². The first kappa shape index (κ1) is 20.2. The van der Waals surface area contributed by atoms with Crippen LogP contribution >= 0.6 is 0 Å². The number of nitrogens with one attached hydrogen (secondary N) is 1. The van der Waals surface area contributed by atoms with E-state index in [1.54, 1.807) is 19.1 Å². The number of hydrogen-bond donors (Lipinski definition) is 1. The third-order valence-corrected chi connectivity index (χ3v) is 4.14. The van der Waals surface area contributed by atoms with Crippen molar-refractivity contribution in [2.45, 2.75) is 26.2 Å². The Morgan fingerprint density at radius 1 is 1.07 bits per heavy atom. The van der Waals surface area contributed by atoms with E-state index in [9.17, 15) is 14.4 Å². The molecular formula is C21H23NO5. The van der Waals surface area contributed by atoms with Crippen LogP contribution in [0, 0.1) is 6.92 Å². The minimum Gasteiger partial charge on any atom is -0.465 e. The molecular weight excluding hydrogens is 346 g/mol. The molecule has 27 heavy (non-hydrogen) atoms. The number of rotatable bonds is 7. The van der Waals surface area contributed by atoms with Crippen molar-refractivity contribution in [2.24, 2.45) is 0 Å². The fourth-order valence-electron chi connectivity index (χ4n) is 2.54. The van der Waals surface area contributed by atoms with Crippen LogP contribution in [-0.4, -0.2) is 31.6 Å². The fraction of sp³-hybridized carbons (Fsp3) is 0.286. The van der Waals surface area contributed by atoms with Gasteiger partial charge in [0.05, 0.1) is 19.1 Å². The summed E-state index contributed by atoms with van der Waals surface area (Å²) in [4.78, 5) is 35.6. The average Bonchev–Trinajstić information content (AvgIpc) is 2.68. The Morgan fingerprint density at radius 3 is 2.44 bits per heavy atom. The van der Waals surface area contributed by atoms with Crippen LogP contribution < -0.4 is 5.32 Å². The molecule has 142 valence electrons. The van der Waals surface area contributed by atoms with E-state index in [2.05, 4.69) is 10.1 Å². The molecule has 0 unspecified atom stereocenters. The van der Waals surface area contributed by atoms with Gasteiger partial charge in [-0.25, -0.2) is 4.79 Å². The number of amides is 1. The van der Waals surface area contributed by atoms with Crippen molar-refractivity contribution in [3.05, 3.63) is 65.2 Å². The van der Waals surface area contributed by atoms with Gasteiger partial charge in [0, 0.05) is 5.69 Å². The summed E-state index contributed by atoms with van der Waals surface area (Å²) in [5.41, 5.74) is 2.61. The molecule has 0 aliphatic heterocycles. The van der Waals surface area contributed by atoms with Gasteiger partial charge in [-0.1, -0.05) is 43.3 Å². The van der Waals surface area contributed by atoms with Crippen molar-refractivity contribution in [3.8, 4) is 0 Å². The minimum atomic E-state index is -0.494. The van der Waals surface area contributed by atoms with E-state index in [0.717, 1.165) is 11.1 Å². The Labute approximate surface area is 158 Å². The Bertz CT molecular complexity index is 817. The zero-order valence-electron chi connectivity index (χ0n) is 15.7. The van der Waals surface area contributed by atoms with Crippen molar-refractivity contribution < 1.29 is 23.9 Å². The predicted molar refractivity (Wildman–Crippen MR) is 102 cm³/mol. The molecule has 6 nitrogen and oxygen atoms in total. The summed E-state index contributed by atoms with van der Waals surface area (Å²) in [6.07, 6.45) is 0.189. The summed E-state index contributed by atoms with van der Waals surface area (Å²) in [5.74, 6) is -1.41. The predicted octanol–water partition coefficient (Wildman–Crippen LogP) is 3.46. The molecule has 0 spiro atoms. The lowest BCUT2D eigenvalue weighted by Crippen LogP contribution is -2.22. The number of ether oxygens (including phenoxy) is 2. The molecule has 1 amide bonds. The topological polar surface area (TPSA) is 81.7 Å². The van der Waals surface area contributed by atoms with Gasteiger partial charge in [-0.05, 0) is 36.1 Å². The van der Waals surface area contributed by atoms with Crippen LogP contribution in [0.1, 0.15) is 40.7 Å². The van der Waals surface area contributed by atoms with E-state index in [1.807, 2.05) is 37.3 Å². The Morgan fingerprint density at radius 2 is 1.78 bits per heavy atom. The first-order chi connectivity index (χ1) is 12.9. The number of aryl methyl sites for hydroxylation is 1. The molecule has 0 saturated heterocycles. The lowest BCUT2D eigenvalue weighted by Gasteiger charge is -2.12. The smallest absolute Gasteiger partial charge is 0.337 e. The molecule has 2 aromatic carbocycles. The summed E-state index contributed by atoms with van der Waals surface area (Å²) in [6, 6.07) is 14.5. The van der Waals surface area contributed by atoms with Gasteiger partial charge >= 0.3 is 11.9 Å². The highest BCUT2D eigenvalue weighted by atomic mass is 16.5. The molecule has 0 bridgehead atoms. The maximum absolute atomic E-state index is 12.1. The number of anilines is 1. The van der Waals surface area contributed by atoms with Gasteiger partial charge in [-0.3, -0.25) is 9.59 Å². The summed E-state index contributed by atoms with van der Waals surface area (Å²) >= 11 is 0. The second-order valence-corrected chi connectivity index (χ2v) is 6.25. The highest BCUT2D eigenvalue weighted by Gasteiger charge is 2.15. The SMILES string of the molecule is COC(=O)c1ccc(C)c(NC(=O)COC(=O)C[C@@H](C)c2ccccc2)c1. The third kappa shape index (κ3) is 5.95. The van der Waals surface area contributed by atoms with Crippen LogP contribution in [0.5, 0.6) is 0 Å². The number of esters is 2. The number of carbonyl (C=O) groups is 3. The highest BCUT2D eigenvalue weighted by Crippen LogP contribution is 2.19. The van der Waals surface area contributed by atoms with E-state index in [4.69, 9.17) is 4.74 Å². The van der Waals surface area contributed by atoms with E-state index in [0.29, 0.717) is 11.3 Å². The monoisotopic (exact) mass is 369 g/mol. The molecule has 0 aliphatic carbocycles. The van der Waals surface area contributed by atoms with Crippen molar-refractivity contribution in [2.75, 3.05) is 19.0 Å². The molecule has 0 heterocycles. The number of methoxy groups -OCH3 is 1. The van der Waals surface area contributed by atoms with Crippen LogP contribution in [0.25, 0.3) is 0 Å². The summed E-state index contributed by atoms with van der Waals surface area (Å²) in [5, 5.41) is 2.65. The molecule has 0 aromatic heterocycles. The summed E-state index contributed by atoms with van der Waals surface area (Å²) in [7, 11) is 1.29. The van der Waals surface area contributed by atoms with Gasteiger partial charge < -0.3 is 14.8 Å². The molecule has 0 aliphatic rings. The normalized spacial score (nSPS) is 11.4. The van der Waals surface area contributed by atoms with Crippen LogP contribution in [-0.2, 0) is 19.1 Å². The van der Waals surface area contributed by atoms with Crippen LogP contribution in [0.2, 0.25) is 0 Å². The van der Waals surface area contributed by atoms with Crippen molar-refractivity contribution in [3.63, 3.8) is 0 Å². The quantitative estimate of drug-likeness (QED) is 0.756. The maximum Gasteiger partial charge on any atom is 0.337 e. The molecule has 0 radical (unpaired) electrons. The zero-order valence-corrected chi connectivity index (χ0v) is 15.7. The number of hydrogen-bond acceptors (Lipinski definition) is 5. The number of benzene rings is 2. The minimum absolute atomic E-state index is 0.000688.